The number of aryl methyl sites for hydroxylation is 3. The molecule has 0 saturated heterocycles. The van der Waals surface area contributed by atoms with Gasteiger partial charge in [-0.1, -0.05) is 24.6 Å². The maximum atomic E-state index is 13.2. The second-order valence-corrected chi connectivity index (χ2v) is 7.47. The predicted octanol–water partition coefficient (Wildman–Crippen LogP) is 3.89. The first-order valence-corrected chi connectivity index (χ1v) is 9.67. The van der Waals surface area contributed by atoms with Crippen molar-refractivity contribution < 1.29 is 4.42 Å². The molecule has 1 aliphatic heterocycles. The van der Waals surface area contributed by atoms with Crippen molar-refractivity contribution in [3.05, 3.63) is 75.1 Å². The maximum Gasteiger partial charge on any atom is 0.259 e. The van der Waals surface area contributed by atoms with Crippen LogP contribution in [0, 0.1) is 20.8 Å². The number of nitrogens with zero attached hydrogens (tertiary/aromatic N) is 4. The molecule has 146 valence electrons. The molecule has 1 aromatic carbocycles. The van der Waals surface area contributed by atoms with Crippen LogP contribution >= 0.6 is 0 Å². The van der Waals surface area contributed by atoms with E-state index in [0.29, 0.717) is 32.3 Å². The van der Waals surface area contributed by atoms with Crippen LogP contribution in [0.3, 0.4) is 0 Å². The maximum absolute atomic E-state index is 13.2. The Morgan fingerprint density at radius 3 is 2.64 bits per heavy atom. The molecule has 0 unspecified atom stereocenters. The van der Waals surface area contributed by atoms with Crippen molar-refractivity contribution in [3.63, 3.8) is 0 Å². The third kappa shape index (κ3) is 3.24. The molecule has 3 aromatic rings. The van der Waals surface area contributed by atoms with Crippen LogP contribution in [-0.4, -0.2) is 21.1 Å². The van der Waals surface area contributed by atoms with Gasteiger partial charge in [0.2, 0.25) is 5.95 Å². The van der Waals surface area contributed by atoms with Gasteiger partial charge < -0.3 is 4.42 Å². The standard InChI is InChI=1S/C22H26N4O2/c1-5-19-17(4)23-22-25(20-9-8-15(2)11-16(20)3)13-24(14-26(22)21(19)27)12-18-7-6-10-28-18/h6-11H,5,12-14H2,1-4H3. The van der Waals surface area contributed by atoms with Gasteiger partial charge in [0, 0.05) is 16.9 Å². The van der Waals surface area contributed by atoms with Crippen molar-refractivity contribution >= 4 is 11.6 Å². The van der Waals surface area contributed by atoms with Gasteiger partial charge in [0.15, 0.2) is 0 Å². The van der Waals surface area contributed by atoms with Crippen molar-refractivity contribution in [1.29, 1.82) is 0 Å². The van der Waals surface area contributed by atoms with Crippen LogP contribution in [0.5, 0.6) is 0 Å². The van der Waals surface area contributed by atoms with E-state index in [1.54, 1.807) is 10.8 Å². The molecule has 0 amide bonds. The molecule has 4 rings (SSSR count). The molecule has 3 heterocycles. The molecule has 0 N–H and O–H groups in total. The van der Waals surface area contributed by atoms with E-state index in [0.717, 1.165) is 28.3 Å². The van der Waals surface area contributed by atoms with Crippen LogP contribution < -0.4 is 10.5 Å². The Labute approximate surface area is 165 Å². The van der Waals surface area contributed by atoms with Gasteiger partial charge in [-0.05, 0) is 51.0 Å². The second-order valence-electron chi connectivity index (χ2n) is 7.47. The average Bonchev–Trinajstić information content (AvgIpc) is 3.15. The van der Waals surface area contributed by atoms with Crippen LogP contribution in [0.25, 0.3) is 0 Å². The van der Waals surface area contributed by atoms with Crippen molar-refractivity contribution in [2.45, 2.75) is 47.3 Å². The highest BCUT2D eigenvalue weighted by atomic mass is 16.3. The molecule has 1 aliphatic rings. The van der Waals surface area contributed by atoms with E-state index in [2.05, 4.69) is 41.8 Å². The fourth-order valence-electron chi connectivity index (χ4n) is 3.95. The number of fused-ring (bicyclic) bond motifs is 1. The van der Waals surface area contributed by atoms with Gasteiger partial charge in [-0.2, -0.15) is 0 Å². The quantitative estimate of drug-likeness (QED) is 0.689. The number of furan rings is 1. The Bertz CT molecular complexity index is 1050. The third-order valence-corrected chi connectivity index (χ3v) is 5.33. The minimum Gasteiger partial charge on any atom is -0.468 e. The molecule has 0 radical (unpaired) electrons. The van der Waals surface area contributed by atoms with Crippen LogP contribution in [-0.2, 0) is 19.6 Å². The number of rotatable bonds is 4. The zero-order valence-electron chi connectivity index (χ0n) is 16.9. The minimum atomic E-state index is 0.0453. The summed E-state index contributed by atoms with van der Waals surface area (Å²) < 4.78 is 7.32. The molecule has 0 aliphatic carbocycles. The highest BCUT2D eigenvalue weighted by Gasteiger charge is 2.28. The average molecular weight is 378 g/mol. The second kappa shape index (κ2) is 7.28. The van der Waals surface area contributed by atoms with E-state index < -0.39 is 0 Å². The lowest BCUT2D eigenvalue weighted by molar-refractivity contribution is 0.176. The fourth-order valence-corrected chi connectivity index (χ4v) is 3.95. The Balaban J connectivity index is 1.84. The first-order valence-electron chi connectivity index (χ1n) is 9.67. The molecular weight excluding hydrogens is 352 g/mol. The molecule has 28 heavy (non-hydrogen) atoms. The lowest BCUT2D eigenvalue weighted by atomic mass is 10.1. The van der Waals surface area contributed by atoms with Crippen molar-refractivity contribution in [2.75, 3.05) is 11.6 Å². The predicted molar refractivity (Wildman–Crippen MR) is 110 cm³/mol. The van der Waals surface area contributed by atoms with Crippen LogP contribution in [0.4, 0.5) is 11.6 Å². The summed E-state index contributed by atoms with van der Waals surface area (Å²) in [5.41, 5.74) is 5.09. The van der Waals surface area contributed by atoms with E-state index in [9.17, 15) is 4.79 Å². The Hall–Kier alpha value is -2.86. The van der Waals surface area contributed by atoms with Gasteiger partial charge in [-0.15, -0.1) is 0 Å². The summed E-state index contributed by atoms with van der Waals surface area (Å²) in [6, 6.07) is 10.2. The minimum absolute atomic E-state index is 0.0453. The molecule has 6 nitrogen and oxygen atoms in total. The summed E-state index contributed by atoms with van der Waals surface area (Å²) in [7, 11) is 0. The Kier molecular flexibility index (Phi) is 4.81. The highest BCUT2D eigenvalue weighted by molar-refractivity contribution is 5.63. The summed E-state index contributed by atoms with van der Waals surface area (Å²) >= 11 is 0. The van der Waals surface area contributed by atoms with Gasteiger partial charge in [0.05, 0.1) is 26.1 Å². The van der Waals surface area contributed by atoms with Crippen LogP contribution in [0.2, 0.25) is 0 Å². The first kappa shape index (κ1) is 18.5. The molecule has 6 heteroatoms. The Morgan fingerprint density at radius 2 is 1.96 bits per heavy atom. The van der Waals surface area contributed by atoms with Crippen molar-refractivity contribution in [1.82, 2.24) is 14.5 Å². The molecule has 0 fully saturated rings. The number of anilines is 2. The zero-order valence-corrected chi connectivity index (χ0v) is 16.9. The van der Waals surface area contributed by atoms with E-state index >= 15 is 0 Å². The first-order chi connectivity index (χ1) is 13.5. The zero-order chi connectivity index (χ0) is 19.8. The molecule has 0 saturated carbocycles. The van der Waals surface area contributed by atoms with E-state index in [4.69, 9.17) is 9.40 Å². The SMILES string of the molecule is CCc1c(C)nc2n(c1=O)CN(Cc1ccco1)CN2c1ccc(C)cc1C. The van der Waals surface area contributed by atoms with E-state index in [-0.39, 0.29) is 5.56 Å². The van der Waals surface area contributed by atoms with Crippen LogP contribution in [0.1, 0.15) is 35.1 Å². The van der Waals surface area contributed by atoms with Crippen molar-refractivity contribution in [2.24, 2.45) is 0 Å². The summed E-state index contributed by atoms with van der Waals surface area (Å²) in [6.45, 7) is 9.89. The van der Waals surface area contributed by atoms with E-state index in [1.807, 2.05) is 26.0 Å². The molecule has 0 atom stereocenters. The topological polar surface area (TPSA) is 54.5 Å². The molecule has 0 bridgehead atoms. The van der Waals surface area contributed by atoms with Crippen molar-refractivity contribution in [3.8, 4) is 0 Å². The summed E-state index contributed by atoms with van der Waals surface area (Å²) in [5, 5.41) is 0. The largest absolute Gasteiger partial charge is 0.468 e. The molecule has 2 aromatic heterocycles. The van der Waals surface area contributed by atoms with Gasteiger partial charge >= 0.3 is 0 Å². The summed E-state index contributed by atoms with van der Waals surface area (Å²) in [5.74, 6) is 1.59. The Morgan fingerprint density at radius 1 is 1.14 bits per heavy atom. The summed E-state index contributed by atoms with van der Waals surface area (Å²) in [4.78, 5) is 22.3. The number of hydrogen-bond acceptors (Lipinski definition) is 5. The molecular formula is C22H26N4O2. The summed E-state index contributed by atoms with van der Waals surface area (Å²) in [6.07, 6.45) is 2.36. The van der Waals surface area contributed by atoms with Gasteiger partial charge in [-0.25, -0.2) is 4.98 Å². The normalized spacial score (nSPS) is 14.4. The van der Waals surface area contributed by atoms with Crippen LogP contribution in [0.15, 0.2) is 45.8 Å². The smallest absolute Gasteiger partial charge is 0.259 e. The van der Waals surface area contributed by atoms with E-state index in [1.165, 1.54) is 5.56 Å². The monoisotopic (exact) mass is 378 g/mol. The number of hydrogen-bond donors (Lipinski definition) is 0. The lowest BCUT2D eigenvalue weighted by Gasteiger charge is -2.38. The highest BCUT2D eigenvalue weighted by Crippen LogP contribution is 2.31. The molecule has 0 spiro atoms. The van der Waals surface area contributed by atoms with Gasteiger partial charge in [0.1, 0.15) is 5.76 Å². The van der Waals surface area contributed by atoms with Gasteiger partial charge in [-0.3, -0.25) is 19.2 Å². The van der Waals surface area contributed by atoms with Gasteiger partial charge in [0.25, 0.3) is 5.56 Å². The number of aromatic nitrogens is 2. The third-order valence-electron chi connectivity index (χ3n) is 5.33. The fraction of sp³-hybridized carbons (Fsp3) is 0.364. The number of benzene rings is 1. The lowest BCUT2D eigenvalue weighted by Crippen LogP contribution is -2.47.